The molecule has 0 fully saturated rings. The molecule has 2 heterocycles. The molecule has 0 atom stereocenters. The Kier molecular flexibility index (Phi) is 2.79. The molecule has 0 aromatic carbocycles. The second kappa shape index (κ2) is 3.97. The van der Waals surface area contributed by atoms with E-state index in [4.69, 9.17) is 28.5 Å². The fourth-order valence-corrected chi connectivity index (χ4v) is 2.12. The number of aromatic nitrogens is 2. The highest BCUT2D eigenvalue weighted by Gasteiger charge is 2.16. The fraction of sp³-hybridized carbons (Fsp3) is 0.273. The van der Waals surface area contributed by atoms with Gasteiger partial charge in [0.05, 0.1) is 15.7 Å². The van der Waals surface area contributed by atoms with Crippen molar-refractivity contribution in [1.29, 1.82) is 5.26 Å². The number of rotatable bonds is 1. The minimum absolute atomic E-state index is 0.171. The zero-order chi connectivity index (χ0) is 11.9. The molecule has 82 valence electrons. The topological polar surface area (TPSA) is 41.1 Å². The van der Waals surface area contributed by atoms with E-state index < -0.39 is 0 Å². The van der Waals surface area contributed by atoms with Gasteiger partial charge in [-0.1, -0.05) is 37.0 Å². The van der Waals surface area contributed by atoms with E-state index in [1.807, 2.05) is 13.8 Å². The Morgan fingerprint density at radius 3 is 2.69 bits per heavy atom. The highest BCUT2D eigenvalue weighted by atomic mass is 35.5. The lowest BCUT2D eigenvalue weighted by Crippen LogP contribution is -1.93. The lowest BCUT2D eigenvalue weighted by Gasteiger charge is -1.99. The van der Waals surface area contributed by atoms with Crippen LogP contribution in [-0.4, -0.2) is 9.38 Å². The smallest absolute Gasteiger partial charge is 0.157 e. The molecular formula is C11H9Cl2N3. The third kappa shape index (κ3) is 1.64. The number of pyridine rings is 1. The Bertz CT molecular complexity index is 593. The summed E-state index contributed by atoms with van der Waals surface area (Å²) in [4.78, 5) is 4.37. The quantitative estimate of drug-likeness (QED) is 0.779. The Labute approximate surface area is 103 Å². The van der Waals surface area contributed by atoms with Crippen molar-refractivity contribution >= 4 is 28.8 Å². The van der Waals surface area contributed by atoms with Crippen LogP contribution in [0.2, 0.25) is 10.0 Å². The van der Waals surface area contributed by atoms with E-state index in [-0.39, 0.29) is 5.92 Å². The van der Waals surface area contributed by atoms with Crippen LogP contribution < -0.4 is 0 Å². The zero-order valence-electron chi connectivity index (χ0n) is 8.83. The predicted molar refractivity (Wildman–Crippen MR) is 64.0 cm³/mol. The van der Waals surface area contributed by atoms with Crippen LogP contribution >= 0.6 is 23.2 Å². The summed E-state index contributed by atoms with van der Waals surface area (Å²) in [6.07, 6.45) is 1.65. The van der Waals surface area contributed by atoms with Crippen molar-refractivity contribution in [2.45, 2.75) is 19.8 Å². The van der Waals surface area contributed by atoms with Gasteiger partial charge in [-0.3, -0.25) is 4.40 Å². The van der Waals surface area contributed by atoms with Crippen molar-refractivity contribution < 1.29 is 0 Å². The van der Waals surface area contributed by atoms with Gasteiger partial charge in [0.1, 0.15) is 11.8 Å². The van der Waals surface area contributed by atoms with Crippen LogP contribution in [0.1, 0.15) is 31.2 Å². The van der Waals surface area contributed by atoms with E-state index in [2.05, 4.69) is 11.1 Å². The third-order valence-electron chi connectivity index (χ3n) is 2.32. The van der Waals surface area contributed by atoms with Gasteiger partial charge < -0.3 is 0 Å². The van der Waals surface area contributed by atoms with Crippen LogP contribution in [0, 0.1) is 11.3 Å². The summed E-state index contributed by atoms with van der Waals surface area (Å²) in [6, 6.07) is 3.76. The van der Waals surface area contributed by atoms with Crippen LogP contribution in [0.5, 0.6) is 0 Å². The average Bonchev–Trinajstić information content (AvgIpc) is 2.56. The monoisotopic (exact) mass is 253 g/mol. The van der Waals surface area contributed by atoms with E-state index in [0.717, 1.165) is 5.69 Å². The zero-order valence-corrected chi connectivity index (χ0v) is 10.3. The van der Waals surface area contributed by atoms with Gasteiger partial charge in [-0.05, 0) is 12.0 Å². The van der Waals surface area contributed by atoms with Crippen LogP contribution in [0.25, 0.3) is 5.65 Å². The average molecular weight is 254 g/mol. The maximum atomic E-state index is 9.14. The van der Waals surface area contributed by atoms with Gasteiger partial charge in [-0.25, -0.2) is 4.98 Å². The highest BCUT2D eigenvalue weighted by Crippen LogP contribution is 2.27. The second-order valence-electron chi connectivity index (χ2n) is 3.81. The predicted octanol–water partition coefficient (Wildman–Crippen LogP) is 3.64. The van der Waals surface area contributed by atoms with Crippen molar-refractivity contribution in [2.24, 2.45) is 0 Å². The van der Waals surface area contributed by atoms with Gasteiger partial charge in [-0.2, -0.15) is 5.26 Å². The number of nitriles is 1. The largest absolute Gasteiger partial charge is 0.288 e. The minimum atomic E-state index is 0.171. The van der Waals surface area contributed by atoms with E-state index >= 15 is 0 Å². The van der Waals surface area contributed by atoms with Crippen LogP contribution in [0.15, 0.2) is 12.3 Å². The Morgan fingerprint density at radius 1 is 1.44 bits per heavy atom. The molecule has 0 bridgehead atoms. The second-order valence-corrected chi connectivity index (χ2v) is 4.66. The molecule has 0 saturated carbocycles. The van der Waals surface area contributed by atoms with Crippen molar-refractivity contribution in [3.63, 3.8) is 0 Å². The summed E-state index contributed by atoms with van der Waals surface area (Å²) < 4.78 is 1.64. The standard InChI is InChI=1S/C11H9Cl2N3/c1-6(2)10-9(4-14)16-5-7(12)3-8(13)11(16)15-10/h3,5-6H,1-2H3. The van der Waals surface area contributed by atoms with Crippen LogP contribution in [0.4, 0.5) is 0 Å². The fourth-order valence-electron chi connectivity index (χ4n) is 1.60. The van der Waals surface area contributed by atoms with Gasteiger partial charge in [0, 0.05) is 6.20 Å². The Morgan fingerprint density at radius 2 is 2.12 bits per heavy atom. The van der Waals surface area contributed by atoms with Crippen LogP contribution in [-0.2, 0) is 0 Å². The molecule has 0 amide bonds. The molecule has 5 heteroatoms. The number of nitrogens with zero attached hydrogens (tertiary/aromatic N) is 3. The van der Waals surface area contributed by atoms with Crippen molar-refractivity contribution in [3.8, 4) is 6.07 Å². The van der Waals surface area contributed by atoms with Gasteiger partial charge in [0.2, 0.25) is 0 Å². The lowest BCUT2D eigenvalue weighted by molar-refractivity contribution is 0.829. The summed E-state index contributed by atoms with van der Waals surface area (Å²) in [7, 11) is 0. The number of halogens is 2. The van der Waals surface area contributed by atoms with Crippen LogP contribution in [0.3, 0.4) is 0 Å². The molecule has 0 saturated heterocycles. The maximum Gasteiger partial charge on any atom is 0.157 e. The summed E-state index contributed by atoms with van der Waals surface area (Å²) >= 11 is 11.9. The van der Waals surface area contributed by atoms with E-state index in [1.54, 1.807) is 16.7 Å². The molecule has 2 rings (SSSR count). The highest BCUT2D eigenvalue weighted by molar-refractivity contribution is 6.36. The summed E-state index contributed by atoms with van der Waals surface area (Å²) in [5.41, 5.74) is 1.81. The molecule has 2 aromatic rings. The lowest BCUT2D eigenvalue weighted by atomic mass is 10.1. The summed E-state index contributed by atoms with van der Waals surface area (Å²) in [5, 5.41) is 10.1. The first-order valence-electron chi connectivity index (χ1n) is 4.81. The van der Waals surface area contributed by atoms with Gasteiger partial charge in [0.15, 0.2) is 5.65 Å². The third-order valence-corrected chi connectivity index (χ3v) is 2.81. The van der Waals surface area contributed by atoms with Gasteiger partial charge in [0.25, 0.3) is 0 Å². The molecule has 0 radical (unpaired) electrons. The summed E-state index contributed by atoms with van der Waals surface area (Å²) in [5.74, 6) is 0.171. The molecule has 0 aliphatic carbocycles. The molecule has 0 aliphatic heterocycles. The van der Waals surface area contributed by atoms with E-state index in [0.29, 0.717) is 21.4 Å². The molecule has 0 spiro atoms. The number of hydrogen-bond donors (Lipinski definition) is 0. The van der Waals surface area contributed by atoms with E-state index in [9.17, 15) is 0 Å². The molecule has 2 aromatic heterocycles. The molecule has 3 nitrogen and oxygen atoms in total. The normalized spacial score (nSPS) is 11.0. The van der Waals surface area contributed by atoms with Crippen molar-refractivity contribution in [2.75, 3.05) is 0 Å². The molecular weight excluding hydrogens is 245 g/mol. The van der Waals surface area contributed by atoms with Crippen molar-refractivity contribution in [1.82, 2.24) is 9.38 Å². The van der Waals surface area contributed by atoms with E-state index in [1.165, 1.54) is 0 Å². The number of hydrogen-bond acceptors (Lipinski definition) is 2. The summed E-state index contributed by atoms with van der Waals surface area (Å²) in [6.45, 7) is 3.97. The Balaban J connectivity index is 2.89. The molecule has 0 N–H and O–H groups in total. The minimum Gasteiger partial charge on any atom is -0.288 e. The molecule has 0 aliphatic rings. The molecule has 16 heavy (non-hydrogen) atoms. The SMILES string of the molecule is CC(C)c1nc2c(Cl)cc(Cl)cn2c1C#N. The number of imidazole rings is 1. The maximum absolute atomic E-state index is 9.14. The first-order chi connectivity index (χ1) is 7.54. The number of fused-ring (bicyclic) bond motifs is 1. The molecule has 0 unspecified atom stereocenters. The Hall–Kier alpha value is -1.24. The first kappa shape index (κ1) is 11.3. The van der Waals surface area contributed by atoms with Gasteiger partial charge >= 0.3 is 0 Å². The first-order valence-corrected chi connectivity index (χ1v) is 5.57. The van der Waals surface area contributed by atoms with Gasteiger partial charge in [-0.15, -0.1) is 0 Å². The van der Waals surface area contributed by atoms with Crippen molar-refractivity contribution in [3.05, 3.63) is 33.7 Å².